The number of nitrogens with zero attached hydrogens (tertiary/aromatic N) is 3. The van der Waals surface area contributed by atoms with Gasteiger partial charge in [-0.2, -0.15) is 0 Å². The van der Waals surface area contributed by atoms with Gasteiger partial charge < -0.3 is 20.4 Å². The zero-order valence-corrected chi connectivity index (χ0v) is 13.1. The summed E-state index contributed by atoms with van der Waals surface area (Å²) in [6, 6.07) is 8.14. The van der Waals surface area contributed by atoms with Crippen LogP contribution in [0.4, 0.5) is 5.69 Å². The first-order chi connectivity index (χ1) is 10.1. The topological polar surface area (TPSA) is 52.8 Å². The Bertz CT molecular complexity index is 452. The fourth-order valence-electron chi connectivity index (χ4n) is 2.55. The van der Waals surface area contributed by atoms with Gasteiger partial charge in [-0.15, -0.1) is 0 Å². The highest BCUT2D eigenvalue weighted by atomic mass is 16.2. The molecule has 116 valence electrons. The Hall–Kier alpha value is -1.59. The van der Waals surface area contributed by atoms with Crippen molar-refractivity contribution in [2.45, 2.75) is 13.5 Å². The third kappa shape index (κ3) is 4.19. The van der Waals surface area contributed by atoms with E-state index >= 15 is 0 Å². The van der Waals surface area contributed by atoms with E-state index in [1.54, 1.807) is 0 Å². The van der Waals surface area contributed by atoms with Crippen LogP contribution in [0.25, 0.3) is 0 Å². The second-order valence-electron chi connectivity index (χ2n) is 5.57. The van der Waals surface area contributed by atoms with E-state index < -0.39 is 0 Å². The van der Waals surface area contributed by atoms with Gasteiger partial charge in [-0.1, -0.05) is 12.1 Å². The third-order valence-electron chi connectivity index (χ3n) is 4.10. The van der Waals surface area contributed by atoms with Gasteiger partial charge in [-0.25, -0.2) is 0 Å². The number of piperazine rings is 1. The number of anilines is 1. The molecule has 0 bridgehead atoms. The summed E-state index contributed by atoms with van der Waals surface area (Å²) in [6.45, 7) is 7.48. The van der Waals surface area contributed by atoms with E-state index in [0.717, 1.165) is 44.0 Å². The molecule has 5 nitrogen and oxygen atoms in total. The summed E-state index contributed by atoms with van der Waals surface area (Å²) >= 11 is 0. The second kappa shape index (κ2) is 7.43. The molecule has 2 rings (SSSR count). The number of rotatable bonds is 5. The van der Waals surface area contributed by atoms with Gasteiger partial charge in [0.15, 0.2) is 0 Å². The standard InChI is InChI=1S/C16H26N4O/c1-3-19(15-6-4-14(12-17)5-7-15)13-16(21)20-10-8-18(2)9-11-20/h4-7H,3,8-13,17H2,1-2H3. The molecule has 1 amide bonds. The monoisotopic (exact) mass is 290 g/mol. The molecule has 0 saturated carbocycles. The molecule has 1 fully saturated rings. The van der Waals surface area contributed by atoms with Crippen LogP contribution < -0.4 is 10.6 Å². The Morgan fingerprint density at radius 3 is 2.33 bits per heavy atom. The van der Waals surface area contributed by atoms with Crippen LogP contribution in [0, 0.1) is 0 Å². The van der Waals surface area contributed by atoms with Crippen LogP contribution in [0.2, 0.25) is 0 Å². The molecule has 1 aromatic rings. The van der Waals surface area contributed by atoms with Gasteiger partial charge in [0.05, 0.1) is 6.54 Å². The van der Waals surface area contributed by atoms with E-state index in [9.17, 15) is 4.79 Å². The zero-order chi connectivity index (χ0) is 15.2. The molecule has 1 heterocycles. The first kappa shape index (κ1) is 15.8. The van der Waals surface area contributed by atoms with Crippen LogP contribution in [-0.2, 0) is 11.3 Å². The summed E-state index contributed by atoms with van der Waals surface area (Å²) in [5, 5.41) is 0. The summed E-state index contributed by atoms with van der Waals surface area (Å²) in [6.07, 6.45) is 0. The second-order valence-corrected chi connectivity index (χ2v) is 5.57. The SMILES string of the molecule is CCN(CC(=O)N1CCN(C)CC1)c1ccc(CN)cc1. The Labute approximate surface area is 127 Å². The fourth-order valence-corrected chi connectivity index (χ4v) is 2.55. The quantitative estimate of drug-likeness (QED) is 0.869. The summed E-state index contributed by atoms with van der Waals surface area (Å²) in [4.78, 5) is 18.8. The Morgan fingerprint density at radius 1 is 1.19 bits per heavy atom. The van der Waals surface area contributed by atoms with Gasteiger partial charge in [0, 0.05) is 45.0 Å². The van der Waals surface area contributed by atoms with Crippen LogP contribution in [0.1, 0.15) is 12.5 Å². The molecule has 5 heteroatoms. The summed E-state index contributed by atoms with van der Waals surface area (Å²) in [7, 11) is 2.10. The molecule has 0 spiro atoms. The minimum atomic E-state index is 0.216. The maximum Gasteiger partial charge on any atom is 0.242 e. The lowest BCUT2D eigenvalue weighted by atomic mass is 10.2. The van der Waals surface area contributed by atoms with E-state index in [0.29, 0.717) is 13.1 Å². The minimum Gasteiger partial charge on any atom is -0.362 e. The normalized spacial score (nSPS) is 16.0. The molecule has 0 atom stereocenters. The van der Waals surface area contributed by atoms with E-state index in [2.05, 4.69) is 23.8 Å². The van der Waals surface area contributed by atoms with Gasteiger partial charge in [0.25, 0.3) is 0 Å². The van der Waals surface area contributed by atoms with Crippen molar-refractivity contribution < 1.29 is 4.79 Å². The molecule has 1 aromatic carbocycles. The van der Waals surface area contributed by atoms with Crippen molar-refractivity contribution in [1.29, 1.82) is 0 Å². The molecule has 1 saturated heterocycles. The van der Waals surface area contributed by atoms with Crippen molar-refractivity contribution in [2.24, 2.45) is 5.73 Å². The third-order valence-corrected chi connectivity index (χ3v) is 4.10. The zero-order valence-electron chi connectivity index (χ0n) is 13.1. The van der Waals surface area contributed by atoms with Gasteiger partial charge in [0.1, 0.15) is 0 Å². The lowest BCUT2D eigenvalue weighted by Crippen LogP contribution is -2.50. The van der Waals surface area contributed by atoms with Crippen LogP contribution in [0.15, 0.2) is 24.3 Å². The average Bonchev–Trinajstić information content (AvgIpc) is 2.53. The fraction of sp³-hybridized carbons (Fsp3) is 0.562. The maximum absolute atomic E-state index is 12.4. The van der Waals surface area contributed by atoms with Crippen molar-refractivity contribution in [2.75, 3.05) is 51.2 Å². The number of hydrogen-bond donors (Lipinski definition) is 1. The van der Waals surface area contributed by atoms with Gasteiger partial charge >= 0.3 is 0 Å². The molecule has 1 aliphatic heterocycles. The predicted octanol–water partition coefficient (Wildman–Crippen LogP) is 0.746. The summed E-state index contributed by atoms with van der Waals surface area (Å²) in [5.74, 6) is 0.216. The van der Waals surface area contributed by atoms with E-state index in [1.165, 1.54) is 0 Å². The minimum absolute atomic E-state index is 0.216. The number of benzene rings is 1. The molecular formula is C16H26N4O. The van der Waals surface area contributed by atoms with Crippen molar-refractivity contribution in [1.82, 2.24) is 9.80 Å². The lowest BCUT2D eigenvalue weighted by molar-refractivity contribution is -0.131. The van der Waals surface area contributed by atoms with Gasteiger partial charge in [-0.3, -0.25) is 4.79 Å². The van der Waals surface area contributed by atoms with Crippen molar-refractivity contribution in [3.05, 3.63) is 29.8 Å². The van der Waals surface area contributed by atoms with Gasteiger partial charge in [0.2, 0.25) is 5.91 Å². The van der Waals surface area contributed by atoms with E-state index in [-0.39, 0.29) is 5.91 Å². The molecular weight excluding hydrogens is 264 g/mol. The van der Waals surface area contributed by atoms with E-state index in [1.807, 2.05) is 29.2 Å². The Morgan fingerprint density at radius 2 is 1.81 bits per heavy atom. The first-order valence-electron chi connectivity index (χ1n) is 7.64. The number of carbonyl (C=O) groups excluding carboxylic acids is 1. The highest BCUT2D eigenvalue weighted by Crippen LogP contribution is 2.15. The summed E-state index contributed by atoms with van der Waals surface area (Å²) < 4.78 is 0. The number of amides is 1. The molecule has 2 N–H and O–H groups in total. The molecule has 1 aliphatic rings. The van der Waals surface area contributed by atoms with Crippen LogP contribution in [0.3, 0.4) is 0 Å². The average molecular weight is 290 g/mol. The predicted molar refractivity (Wildman–Crippen MR) is 86.3 cm³/mol. The summed E-state index contributed by atoms with van der Waals surface area (Å²) in [5.41, 5.74) is 7.81. The highest BCUT2D eigenvalue weighted by Gasteiger charge is 2.20. The number of nitrogens with two attached hydrogens (primary N) is 1. The lowest BCUT2D eigenvalue weighted by Gasteiger charge is -2.34. The maximum atomic E-state index is 12.4. The van der Waals surface area contributed by atoms with Crippen molar-refractivity contribution in [3.8, 4) is 0 Å². The van der Waals surface area contributed by atoms with Gasteiger partial charge in [-0.05, 0) is 31.7 Å². The Balaban J connectivity index is 1.96. The molecule has 21 heavy (non-hydrogen) atoms. The smallest absolute Gasteiger partial charge is 0.242 e. The van der Waals surface area contributed by atoms with Crippen LogP contribution >= 0.6 is 0 Å². The largest absolute Gasteiger partial charge is 0.362 e. The number of carbonyl (C=O) groups is 1. The molecule has 0 unspecified atom stereocenters. The highest BCUT2D eigenvalue weighted by molar-refractivity contribution is 5.81. The number of likely N-dealkylation sites (N-methyl/N-ethyl adjacent to an activating group) is 2. The van der Waals surface area contributed by atoms with Crippen molar-refractivity contribution >= 4 is 11.6 Å². The van der Waals surface area contributed by atoms with E-state index in [4.69, 9.17) is 5.73 Å². The Kier molecular flexibility index (Phi) is 5.59. The van der Waals surface area contributed by atoms with Crippen LogP contribution in [-0.4, -0.2) is 62.0 Å². The molecule has 0 radical (unpaired) electrons. The first-order valence-corrected chi connectivity index (χ1v) is 7.64. The van der Waals surface area contributed by atoms with Crippen LogP contribution in [0.5, 0.6) is 0 Å². The molecule has 0 aromatic heterocycles. The molecule has 0 aliphatic carbocycles. The number of hydrogen-bond acceptors (Lipinski definition) is 4. The van der Waals surface area contributed by atoms with Crippen molar-refractivity contribution in [3.63, 3.8) is 0 Å².